The lowest BCUT2D eigenvalue weighted by Gasteiger charge is -2.24. The molecule has 2 heterocycles. The van der Waals surface area contributed by atoms with Crippen molar-refractivity contribution in [2.24, 2.45) is 11.8 Å². The van der Waals surface area contributed by atoms with Crippen LogP contribution in [-0.2, 0) is 15.7 Å². The van der Waals surface area contributed by atoms with Gasteiger partial charge < -0.3 is 14.5 Å². The van der Waals surface area contributed by atoms with Gasteiger partial charge in [-0.1, -0.05) is 37.5 Å². The van der Waals surface area contributed by atoms with E-state index in [2.05, 4.69) is 14.7 Å². The molecule has 4 rings (SSSR count). The summed E-state index contributed by atoms with van der Waals surface area (Å²) in [5, 5.41) is 2.88. The first-order valence-corrected chi connectivity index (χ1v) is 12.1. The number of Topliss-reactive ketones (excluding diaryl/α,β-unsaturated/α-hetero) is 1. The van der Waals surface area contributed by atoms with Crippen molar-refractivity contribution in [2.75, 3.05) is 19.8 Å². The molecular formula is C26H29F3N2O4. The summed E-state index contributed by atoms with van der Waals surface area (Å²) in [5.41, 5.74) is 1.66. The molecule has 35 heavy (non-hydrogen) atoms. The first-order chi connectivity index (χ1) is 16.8. The maximum absolute atomic E-state index is 13.1. The molecule has 0 saturated heterocycles. The molecule has 1 aliphatic carbocycles. The molecule has 0 bridgehead atoms. The van der Waals surface area contributed by atoms with Crippen LogP contribution >= 0.6 is 0 Å². The Bertz CT molecular complexity index is 1050. The van der Waals surface area contributed by atoms with Crippen molar-refractivity contribution in [1.29, 1.82) is 0 Å². The largest absolute Gasteiger partial charge is 0.468 e. The first kappa shape index (κ1) is 25.2. The zero-order chi connectivity index (χ0) is 24.8. The maximum atomic E-state index is 13.1. The Morgan fingerprint density at radius 1 is 1.06 bits per heavy atom. The van der Waals surface area contributed by atoms with Crippen molar-refractivity contribution in [3.8, 4) is 11.3 Å². The van der Waals surface area contributed by atoms with Gasteiger partial charge in [0.15, 0.2) is 5.78 Å². The van der Waals surface area contributed by atoms with Gasteiger partial charge in [0, 0.05) is 36.1 Å². The molecule has 1 fully saturated rings. The Kier molecular flexibility index (Phi) is 8.05. The molecule has 1 aromatic heterocycles. The van der Waals surface area contributed by atoms with Gasteiger partial charge in [-0.15, -0.1) is 0 Å². The number of benzene rings is 1. The average molecular weight is 491 g/mol. The Hall–Kier alpha value is -2.94. The molecule has 2 aliphatic rings. The molecular weight excluding hydrogens is 461 g/mol. The number of ketones is 1. The standard InChI is InChI=1S/C26H29F3N2O4/c27-26(28,29)25-31-22(16-35-25)18-8-10-20(11-9-18)24(33)30-14-17-13-21(7-4-12-34-15-17)23(32)19-5-2-1-3-6-19/h8-11,13,16-17,19H,1-7,12,14-15H2,(H,30,33). The van der Waals surface area contributed by atoms with Crippen molar-refractivity contribution in [3.05, 3.63) is 53.6 Å². The normalized spacial score (nSPS) is 20.0. The highest BCUT2D eigenvalue weighted by molar-refractivity contribution is 5.97. The molecule has 1 amide bonds. The van der Waals surface area contributed by atoms with E-state index in [0.717, 1.165) is 43.9 Å². The van der Waals surface area contributed by atoms with Crippen LogP contribution in [0.3, 0.4) is 0 Å². The van der Waals surface area contributed by atoms with Crippen LogP contribution in [0.25, 0.3) is 11.3 Å². The van der Waals surface area contributed by atoms with Crippen LogP contribution in [0.2, 0.25) is 0 Å². The van der Waals surface area contributed by atoms with E-state index in [4.69, 9.17) is 4.74 Å². The van der Waals surface area contributed by atoms with Gasteiger partial charge in [-0.05, 0) is 43.4 Å². The molecule has 1 saturated carbocycles. The lowest BCUT2D eigenvalue weighted by molar-refractivity contribution is -0.157. The fourth-order valence-electron chi connectivity index (χ4n) is 4.62. The number of alkyl halides is 3. The monoisotopic (exact) mass is 490 g/mol. The topological polar surface area (TPSA) is 81.4 Å². The number of ether oxygens (including phenoxy) is 1. The number of hydrogen-bond donors (Lipinski definition) is 1. The number of nitrogens with one attached hydrogen (secondary N) is 1. The van der Waals surface area contributed by atoms with Crippen LogP contribution < -0.4 is 5.32 Å². The summed E-state index contributed by atoms with van der Waals surface area (Å²) in [7, 11) is 0. The van der Waals surface area contributed by atoms with Gasteiger partial charge in [0.25, 0.3) is 5.91 Å². The molecule has 1 atom stereocenters. The summed E-state index contributed by atoms with van der Waals surface area (Å²) >= 11 is 0. The Morgan fingerprint density at radius 2 is 1.80 bits per heavy atom. The van der Waals surface area contributed by atoms with Gasteiger partial charge in [0.1, 0.15) is 12.0 Å². The molecule has 0 radical (unpaired) electrons. The molecule has 188 valence electrons. The molecule has 1 unspecified atom stereocenters. The minimum Gasteiger partial charge on any atom is -0.441 e. The van der Waals surface area contributed by atoms with Crippen LogP contribution in [0.4, 0.5) is 13.2 Å². The van der Waals surface area contributed by atoms with Crippen molar-refractivity contribution in [1.82, 2.24) is 10.3 Å². The van der Waals surface area contributed by atoms with Crippen molar-refractivity contribution >= 4 is 11.7 Å². The number of allylic oxidation sites excluding steroid dienone is 1. The number of carbonyl (C=O) groups is 2. The Labute approximate surface area is 201 Å². The van der Waals surface area contributed by atoms with Gasteiger partial charge in [-0.25, -0.2) is 4.98 Å². The van der Waals surface area contributed by atoms with Gasteiger partial charge >= 0.3 is 12.1 Å². The highest BCUT2D eigenvalue weighted by Gasteiger charge is 2.37. The van der Waals surface area contributed by atoms with Crippen LogP contribution in [-0.4, -0.2) is 36.4 Å². The van der Waals surface area contributed by atoms with E-state index in [0.29, 0.717) is 37.3 Å². The summed E-state index contributed by atoms with van der Waals surface area (Å²) in [6.45, 7) is 1.33. The number of oxazole rings is 1. The van der Waals surface area contributed by atoms with E-state index in [-0.39, 0.29) is 29.2 Å². The molecule has 9 heteroatoms. The summed E-state index contributed by atoms with van der Waals surface area (Å²) in [6.07, 6.45) is 5.06. The zero-order valence-corrected chi connectivity index (χ0v) is 19.4. The molecule has 2 aromatic rings. The second-order valence-corrected chi connectivity index (χ2v) is 9.15. The van der Waals surface area contributed by atoms with Crippen molar-refractivity contribution in [2.45, 2.75) is 51.1 Å². The second kappa shape index (κ2) is 11.2. The lowest BCUT2D eigenvalue weighted by Crippen LogP contribution is -2.32. The van der Waals surface area contributed by atoms with E-state index in [1.165, 1.54) is 30.7 Å². The molecule has 0 spiro atoms. The lowest BCUT2D eigenvalue weighted by atomic mass is 9.82. The predicted octanol–water partition coefficient (Wildman–Crippen LogP) is 5.59. The van der Waals surface area contributed by atoms with Crippen LogP contribution in [0.1, 0.15) is 61.2 Å². The fourth-order valence-corrected chi connectivity index (χ4v) is 4.62. The van der Waals surface area contributed by atoms with E-state index in [9.17, 15) is 22.8 Å². The number of aromatic nitrogens is 1. The SMILES string of the molecule is O=C(NCC1C=C(C(=O)C2CCCCC2)CCCOC1)c1ccc(-c2coc(C(F)(F)F)n2)cc1. The Morgan fingerprint density at radius 3 is 2.49 bits per heavy atom. The van der Waals surface area contributed by atoms with Crippen molar-refractivity contribution in [3.63, 3.8) is 0 Å². The quantitative estimate of drug-likeness (QED) is 0.571. The zero-order valence-electron chi connectivity index (χ0n) is 19.4. The highest BCUT2D eigenvalue weighted by Crippen LogP contribution is 2.31. The summed E-state index contributed by atoms with van der Waals surface area (Å²) in [4.78, 5) is 29.2. The Balaban J connectivity index is 1.37. The van der Waals surface area contributed by atoms with E-state index in [1.807, 2.05) is 6.08 Å². The summed E-state index contributed by atoms with van der Waals surface area (Å²) in [6, 6.07) is 6.09. The average Bonchev–Trinajstić information content (AvgIpc) is 3.35. The third-order valence-electron chi connectivity index (χ3n) is 6.51. The minimum atomic E-state index is -4.66. The first-order valence-electron chi connectivity index (χ1n) is 12.1. The van der Waals surface area contributed by atoms with Gasteiger partial charge in [-0.3, -0.25) is 9.59 Å². The molecule has 1 aromatic carbocycles. The van der Waals surface area contributed by atoms with Crippen LogP contribution in [0, 0.1) is 11.8 Å². The highest BCUT2D eigenvalue weighted by atomic mass is 19.4. The smallest absolute Gasteiger partial charge is 0.441 e. The van der Waals surface area contributed by atoms with Crippen LogP contribution in [0.15, 0.2) is 46.6 Å². The minimum absolute atomic E-state index is 0.0382. The van der Waals surface area contributed by atoms with E-state index >= 15 is 0 Å². The summed E-state index contributed by atoms with van der Waals surface area (Å²) < 4.78 is 48.3. The number of halogens is 3. The van der Waals surface area contributed by atoms with Crippen LogP contribution in [0.5, 0.6) is 0 Å². The molecule has 1 N–H and O–H groups in total. The number of nitrogens with zero attached hydrogens (tertiary/aromatic N) is 1. The third kappa shape index (κ3) is 6.60. The number of hydrogen-bond acceptors (Lipinski definition) is 5. The van der Waals surface area contributed by atoms with E-state index < -0.39 is 12.1 Å². The third-order valence-corrected chi connectivity index (χ3v) is 6.51. The number of rotatable bonds is 6. The predicted molar refractivity (Wildman–Crippen MR) is 122 cm³/mol. The summed E-state index contributed by atoms with van der Waals surface area (Å²) in [5.74, 6) is -1.38. The maximum Gasteiger partial charge on any atom is 0.468 e. The number of amides is 1. The number of carbonyl (C=O) groups excluding carboxylic acids is 2. The fraction of sp³-hybridized carbons (Fsp3) is 0.500. The van der Waals surface area contributed by atoms with Gasteiger partial charge in [0.05, 0.1) is 6.61 Å². The van der Waals surface area contributed by atoms with Crippen molar-refractivity contribution < 1.29 is 31.9 Å². The second-order valence-electron chi connectivity index (χ2n) is 9.15. The van der Waals surface area contributed by atoms with Gasteiger partial charge in [0.2, 0.25) is 0 Å². The molecule has 1 aliphatic heterocycles. The van der Waals surface area contributed by atoms with E-state index in [1.54, 1.807) is 0 Å². The van der Waals surface area contributed by atoms with Gasteiger partial charge in [-0.2, -0.15) is 13.2 Å². The molecule has 6 nitrogen and oxygen atoms in total.